The van der Waals surface area contributed by atoms with E-state index < -0.39 is 11.9 Å². The lowest BCUT2D eigenvalue weighted by molar-refractivity contribution is -0.172. The molecule has 1 fully saturated rings. The SMILES string of the molecule is O=C1OCOC(=O)C1=CNc1ccsc1. The van der Waals surface area contributed by atoms with Crippen molar-refractivity contribution in [1.82, 2.24) is 0 Å². The highest BCUT2D eigenvalue weighted by Crippen LogP contribution is 2.14. The van der Waals surface area contributed by atoms with E-state index in [-0.39, 0.29) is 12.4 Å². The number of carbonyl (C=O) groups excluding carboxylic acids is 2. The number of hydrogen-bond donors (Lipinski definition) is 1. The molecule has 0 bridgehead atoms. The van der Waals surface area contributed by atoms with Crippen LogP contribution in [0.25, 0.3) is 0 Å². The van der Waals surface area contributed by atoms with Gasteiger partial charge in [-0.15, -0.1) is 0 Å². The summed E-state index contributed by atoms with van der Waals surface area (Å²) in [6.45, 7) is -0.312. The Bertz CT molecular complexity index is 392. The Kier molecular flexibility index (Phi) is 2.68. The standard InChI is InChI=1S/C9H7NO4S/c11-8-7(9(12)14-5-13-8)3-10-6-1-2-15-4-6/h1-4,10H,5H2. The summed E-state index contributed by atoms with van der Waals surface area (Å²) in [7, 11) is 0. The summed E-state index contributed by atoms with van der Waals surface area (Å²) in [4.78, 5) is 22.3. The number of carbonyl (C=O) groups is 2. The molecule has 0 aromatic carbocycles. The van der Waals surface area contributed by atoms with Crippen molar-refractivity contribution in [2.24, 2.45) is 0 Å². The van der Waals surface area contributed by atoms with E-state index in [9.17, 15) is 9.59 Å². The normalized spacial score (nSPS) is 15.6. The van der Waals surface area contributed by atoms with Crippen LogP contribution in [-0.2, 0) is 19.1 Å². The zero-order valence-electron chi connectivity index (χ0n) is 7.56. The summed E-state index contributed by atoms with van der Waals surface area (Å²) in [5.41, 5.74) is 0.672. The first-order chi connectivity index (χ1) is 7.27. The second-order valence-electron chi connectivity index (χ2n) is 2.70. The zero-order chi connectivity index (χ0) is 10.7. The summed E-state index contributed by atoms with van der Waals surface area (Å²) in [6.07, 6.45) is 1.28. The molecule has 0 saturated carbocycles. The lowest BCUT2D eigenvalue weighted by Crippen LogP contribution is -2.27. The summed E-state index contributed by atoms with van der Waals surface area (Å²) >= 11 is 1.50. The van der Waals surface area contributed by atoms with Gasteiger partial charge in [0, 0.05) is 17.3 Å². The van der Waals surface area contributed by atoms with Gasteiger partial charge in [-0.1, -0.05) is 0 Å². The fourth-order valence-corrected chi connectivity index (χ4v) is 1.59. The van der Waals surface area contributed by atoms with Crippen molar-refractivity contribution in [3.63, 3.8) is 0 Å². The average Bonchev–Trinajstić information content (AvgIpc) is 2.70. The van der Waals surface area contributed by atoms with Crippen LogP contribution in [0.4, 0.5) is 5.69 Å². The summed E-state index contributed by atoms with van der Waals surface area (Å²) in [6, 6.07) is 1.82. The van der Waals surface area contributed by atoms with Gasteiger partial charge in [-0.05, 0) is 11.4 Å². The van der Waals surface area contributed by atoms with Crippen LogP contribution in [0.15, 0.2) is 28.6 Å². The minimum atomic E-state index is -0.672. The molecule has 0 radical (unpaired) electrons. The number of thiophene rings is 1. The highest BCUT2D eigenvalue weighted by Gasteiger charge is 2.26. The maximum absolute atomic E-state index is 11.1. The van der Waals surface area contributed by atoms with E-state index in [0.29, 0.717) is 0 Å². The van der Waals surface area contributed by atoms with Gasteiger partial charge in [-0.25, -0.2) is 9.59 Å². The fourth-order valence-electron chi connectivity index (χ4n) is 0.995. The third-order valence-corrected chi connectivity index (χ3v) is 2.41. The van der Waals surface area contributed by atoms with Crippen molar-refractivity contribution >= 4 is 29.0 Å². The highest BCUT2D eigenvalue weighted by atomic mass is 32.1. The van der Waals surface area contributed by atoms with E-state index in [4.69, 9.17) is 0 Å². The molecule has 2 heterocycles. The first-order valence-electron chi connectivity index (χ1n) is 4.10. The van der Waals surface area contributed by atoms with E-state index in [2.05, 4.69) is 14.8 Å². The van der Waals surface area contributed by atoms with E-state index in [1.54, 1.807) is 0 Å². The van der Waals surface area contributed by atoms with Gasteiger partial charge in [0.05, 0.1) is 0 Å². The number of rotatable bonds is 2. The number of ether oxygens (including phenoxy) is 2. The molecular formula is C9H7NO4S. The van der Waals surface area contributed by atoms with Gasteiger partial charge in [0.15, 0.2) is 5.57 Å². The lowest BCUT2D eigenvalue weighted by atomic mass is 10.3. The van der Waals surface area contributed by atoms with Crippen molar-refractivity contribution in [1.29, 1.82) is 0 Å². The molecule has 1 aliphatic heterocycles. The Hall–Kier alpha value is -1.82. The Morgan fingerprint density at radius 2 is 2.07 bits per heavy atom. The molecule has 0 unspecified atom stereocenters. The monoisotopic (exact) mass is 225 g/mol. The molecule has 5 nitrogen and oxygen atoms in total. The first-order valence-corrected chi connectivity index (χ1v) is 5.05. The Labute approximate surface area is 89.3 Å². The van der Waals surface area contributed by atoms with Gasteiger partial charge in [-0.3, -0.25) is 0 Å². The largest absolute Gasteiger partial charge is 0.424 e. The summed E-state index contributed by atoms with van der Waals surface area (Å²) in [5, 5.41) is 6.52. The molecule has 2 rings (SSSR count). The molecule has 1 N–H and O–H groups in total. The van der Waals surface area contributed by atoms with Crippen LogP contribution in [0.5, 0.6) is 0 Å². The van der Waals surface area contributed by atoms with Crippen LogP contribution in [-0.4, -0.2) is 18.7 Å². The molecule has 1 aliphatic rings. The van der Waals surface area contributed by atoms with Crippen molar-refractivity contribution < 1.29 is 19.1 Å². The number of anilines is 1. The van der Waals surface area contributed by atoms with Gasteiger partial charge in [0.1, 0.15) is 0 Å². The Morgan fingerprint density at radius 1 is 1.33 bits per heavy atom. The van der Waals surface area contributed by atoms with Crippen LogP contribution >= 0.6 is 11.3 Å². The van der Waals surface area contributed by atoms with Crippen LogP contribution in [0, 0.1) is 0 Å². The van der Waals surface area contributed by atoms with Crippen molar-refractivity contribution in [2.45, 2.75) is 0 Å². The summed E-state index contributed by atoms with van der Waals surface area (Å²) < 4.78 is 9.09. The van der Waals surface area contributed by atoms with Crippen LogP contribution in [0.1, 0.15) is 0 Å². The molecule has 0 spiro atoms. The molecule has 0 atom stereocenters. The highest BCUT2D eigenvalue weighted by molar-refractivity contribution is 7.08. The minimum Gasteiger partial charge on any atom is -0.424 e. The molecule has 1 aromatic heterocycles. The van der Waals surface area contributed by atoms with Crippen LogP contribution in [0.3, 0.4) is 0 Å². The number of nitrogens with one attached hydrogen (secondary N) is 1. The smallest absolute Gasteiger partial charge is 0.349 e. The number of cyclic esters (lactones) is 2. The second kappa shape index (κ2) is 4.14. The zero-order valence-corrected chi connectivity index (χ0v) is 8.37. The maximum Gasteiger partial charge on any atom is 0.349 e. The predicted molar refractivity (Wildman–Crippen MR) is 53.1 cm³/mol. The molecule has 1 saturated heterocycles. The number of esters is 2. The average molecular weight is 225 g/mol. The van der Waals surface area contributed by atoms with E-state index >= 15 is 0 Å². The Morgan fingerprint density at radius 3 is 2.67 bits per heavy atom. The van der Waals surface area contributed by atoms with Crippen molar-refractivity contribution in [3.05, 3.63) is 28.6 Å². The number of hydrogen-bond acceptors (Lipinski definition) is 6. The molecule has 15 heavy (non-hydrogen) atoms. The molecule has 1 aromatic rings. The first kappa shape index (κ1) is 9.72. The van der Waals surface area contributed by atoms with Crippen LogP contribution in [0.2, 0.25) is 0 Å². The fraction of sp³-hybridized carbons (Fsp3) is 0.111. The lowest BCUT2D eigenvalue weighted by Gasteiger charge is -2.13. The van der Waals surface area contributed by atoms with Gasteiger partial charge in [0.25, 0.3) is 0 Å². The van der Waals surface area contributed by atoms with Gasteiger partial charge < -0.3 is 14.8 Å². The molecular weight excluding hydrogens is 218 g/mol. The predicted octanol–water partition coefficient (Wildman–Crippen LogP) is 1.10. The third-order valence-electron chi connectivity index (χ3n) is 1.72. The van der Waals surface area contributed by atoms with E-state index in [1.807, 2.05) is 16.8 Å². The minimum absolute atomic E-state index is 0.132. The Balaban J connectivity index is 2.10. The van der Waals surface area contributed by atoms with E-state index in [1.165, 1.54) is 17.5 Å². The molecule has 0 amide bonds. The van der Waals surface area contributed by atoms with Crippen LogP contribution < -0.4 is 5.32 Å². The van der Waals surface area contributed by atoms with Gasteiger partial charge >= 0.3 is 11.9 Å². The van der Waals surface area contributed by atoms with Crippen molar-refractivity contribution in [3.8, 4) is 0 Å². The van der Waals surface area contributed by atoms with Gasteiger partial charge in [0.2, 0.25) is 6.79 Å². The van der Waals surface area contributed by atoms with Crippen molar-refractivity contribution in [2.75, 3.05) is 12.1 Å². The van der Waals surface area contributed by atoms with E-state index in [0.717, 1.165) is 5.69 Å². The topological polar surface area (TPSA) is 64.6 Å². The third kappa shape index (κ3) is 2.16. The molecule has 0 aliphatic carbocycles. The van der Waals surface area contributed by atoms with Gasteiger partial charge in [-0.2, -0.15) is 11.3 Å². The second-order valence-corrected chi connectivity index (χ2v) is 3.48. The molecule has 6 heteroatoms. The maximum atomic E-state index is 11.1. The molecule has 78 valence electrons. The summed E-state index contributed by atoms with van der Waals surface area (Å²) in [5.74, 6) is -1.34. The quantitative estimate of drug-likeness (QED) is 0.464.